The molecule has 10 heteroatoms. The van der Waals surface area contributed by atoms with Gasteiger partial charge in [0.05, 0.1) is 18.1 Å². The van der Waals surface area contributed by atoms with Gasteiger partial charge in [-0.1, -0.05) is 49.7 Å². The zero-order valence-corrected chi connectivity index (χ0v) is 33.4. The minimum atomic E-state index is -0.465. The molecule has 1 amide bonds. The molecule has 5 atom stereocenters. The highest BCUT2D eigenvalue weighted by Crippen LogP contribution is 2.46. The van der Waals surface area contributed by atoms with Crippen LogP contribution in [0.15, 0.2) is 67.3 Å². The molecular formula is C44H59ClN6O3. The molecular weight excluding hydrogens is 696 g/mol. The minimum Gasteiger partial charge on any atom is -0.373 e. The van der Waals surface area contributed by atoms with E-state index in [1.54, 1.807) is 13.4 Å². The molecule has 6 rings (SSSR count). The number of benzene rings is 2. The number of rotatable bonds is 13. The summed E-state index contributed by atoms with van der Waals surface area (Å²) in [5.41, 5.74) is 6.46. The lowest BCUT2D eigenvalue weighted by molar-refractivity contribution is -0.111. The minimum absolute atomic E-state index is 0.00668. The molecule has 2 fully saturated rings. The van der Waals surface area contributed by atoms with Gasteiger partial charge in [0.2, 0.25) is 0 Å². The number of hydrogen-bond donors (Lipinski definition) is 1. The van der Waals surface area contributed by atoms with Gasteiger partial charge < -0.3 is 24.6 Å². The standard InChI is InChI=1S/C44H59ClN6O3/c1-32(33(2)29-52)8-7-18-44(54-4,30-49-20-22-50(23-21-49)40-26-47-31-48-27-40)41-17-15-38(41)28-51-19-6-5-9-36-24-39(45)16-14-34(36)10-11-35-12-13-37(25-42(35)51)43(53)46-3/h7,12-14,16,18,24-27,29,31-33,38,41H,5-6,8-11,15,17,19-23,28,30H2,1-4H3,(H,46,53)/b18-7+/t32-,33-,38-,41+,44?/m0/s1. The smallest absolute Gasteiger partial charge is 0.251 e. The van der Waals surface area contributed by atoms with Crippen LogP contribution in [0.5, 0.6) is 0 Å². The maximum Gasteiger partial charge on any atom is 0.251 e. The summed E-state index contributed by atoms with van der Waals surface area (Å²) in [6.45, 7) is 10.5. The lowest BCUT2D eigenvalue weighted by Crippen LogP contribution is -2.58. The molecule has 3 aliphatic rings. The van der Waals surface area contributed by atoms with E-state index < -0.39 is 5.60 Å². The highest BCUT2D eigenvalue weighted by Gasteiger charge is 2.48. The SMILES string of the molecule is CNC(=O)c1ccc2c(c1)N(C[C@@H]1CC[C@H]1C(/C=C/C[C@H](C)[C@@H](C)C=O)(CN1CCN(c3cncnc3)CC1)OC)CCCCc1cc(Cl)ccc1CC2. The van der Waals surface area contributed by atoms with Gasteiger partial charge >= 0.3 is 0 Å². The van der Waals surface area contributed by atoms with Crippen LogP contribution >= 0.6 is 11.6 Å². The van der Waals surface area contributed by atoms with Gasteiger partial charge in [0.1, 0.15) is 18.2 Å². The van der Waals surface area contributed by atoms with Gasteiger partial charge in [-0.25, -0.2) is 9.97 Å². The van der Waals surface area contributed by atoms with Crippen molar-refractivity contribution >= 4 is 35.2 Å². The largest absolute Gasteiger partial charge is 0.373 e. The van der Waals surface area contributed by atoms with Crippen molar-refractivity contribution in [2.24, 2.45) is 23.7 Å². The summed E-state index contributed by atoms with van der Waals surface area (Å²) in [5.74, 6) is 0.949. The second-order valence-corrected chi connectivity index (χ2v) is 16.2. The Morgan fingerprint density at radius 1 is 0.981 bits per heavy atom. The Labute approximate surface area is 327 Å². The molecule has 0 radical (unpaired) electrons. The Morgan fingerprint density at radius 3 is 2.44 bits per heavy atom. The van der Waals surface area contributed by atoms with Crippen LogP contribution in [0.2, 0.25) is 5.02 Å². The molecule has 3 aromatic rings. The molecule has 290 valence electrons. The Kier molecular flexibility index (Phi) is 13.8. The lowest BCUT2D eigenvalue weighted by Gasteiger charge is -2.52. The molecule has 1 N–H and O–H groups in total. The summed E-state index contributed by atoms with van der Waals surface area (Å²) in [6.07, 6.45) is 19.1. The number of halogens is 1. The van der Waals surface area contributed by atoms with Crippen LogP contribution in [0.3, 0.4) is 0 Å². The predicted molar refractivity (Wildman–Crippen MR) is 219 cm³/mol. The number of carbonyl (C=O) groups is 2. The first-order valence-electron chi connectivity index (χ1n) is 20.0. The number of carbonyl (C=O) groups excluding carboxylic acids is 2. The molecule has 1 saturated heterocycles. The highest BCUT2D eigenvalue weighted by molar-refractivity contribution is 6.30. The van der Waals surface area contributed by atoms with Crippen molar-refractivity contribution in [3.8, 4) is 0 Å². The van der Waals surface area contributed by atoms with Gasteiger partial charge in [0, 0.05) is 82.2 Å². The summed E-state index contributed by atoms with van der Waals surface area (Å²) < 4.78 is 6.71. The van der Waals surface area contributed by atoms with Crippen LogP contribution < -0.4 is 15.1 Å². The average molecular weight is 755 g/mol. The van der Waals surface area contributed by atoms with Crippen molar-refractivity contribution in [2.45, 2.75) is 70.8 Å². The third-order valence-corrected chi connectivity index (χ3v) is 12.8. The summed E-state index contributed by atoms with van der Waals surface area (Å²) in [5, 5.41) is 3.64. The number of nitrogens with one attached hydrogen (secondary N) is 1. The Bertz CT molecular complexity index is 1730. The number of amides is 1. The number of aromatic nitrogens is 2. The van der Waals surface area contributed by atoms with Crippen molar-refractivity contribution in [2.75, 3.05) is 69.8 Å². The van der Waals surface area contributed by atoms with E-state index in [1.807, 2.05) is 38.6 Å². The maximum absolute atomic E-state index is 12.9. The molecule has 2 aliphatic heterocycles. The third-order valence-electron chi connectivity index (χ3n) is 12.5. The van der Waals surface area contributed by atoms with E-state index in [-0.39, 0.29) is 17.7 Å². The van der Waals surface area contributed by atoms with Crippen molar-refractivity contribution < 1.29 is 14.3 Å². The number of aldehydes is 1. The van der Waals surface area contributed by atoms with E-state index in [0.717, 1.165) is 114 Å². The number of nitrogens with zero attached hydrogens (tertiary/aromatic N) is 5. The first kappa shape index (κ1) is 39.9. The molecule has 1 unspecified atom stereocenters. The highest BCUT2D eigenvalue weighted by atomic mass is 35.5. The second-order valence-electron chi connectivity index (χ2n) is 15.8. The van der Waals surface area contributed by atoms with E-state index >= 15 is 0 Å². The molecule has 3 heterocycles. The summed E-state index contributed by atoms with van der Waals surface area (Å²) in [4.78, 5) is 40.5. The summed E-state index contributed by atoms with van der Waals surface area (Å²) in [6, 6.07) is 12.6. The zero-order valence-electron chi connectivity index (χ0n) is 32.7. The molecule has 0 bridgehead atoms. The number of allylic oxidation sites excluding steroid dienone is 1. The molecule has 1 saturated carbocycles. The Hall–Kier alpha value is -3.79. The molecule has 9 nitrogen and oxygen atoms in total. The average Bonchev–Trinajstić information content (AvgIpc) is 3.22. The fourth-order valence-electron chi connectivity index (χ4n) is 8.71. The van der Waals surface area contributed by atoms with Crippen molar-refractivity contribution in [3.05, 3.63) is 94.5 Å². The number of hydrogen-bond acceptors (Lipinski definition) is 8. The number of aryl methyl sites for hydroxylation is 3. The maximum atomic E-state index is 12.9. The number of methoxy groups -OCH3 is 1. The third kappa shape index (κ3) is 9.53. The number of fused-ring (bicyclic) bond motifs is 2. The van der Waals surface area contributed by atoms with Gasteiger partial charge in [0.25, 0.3) is 5.91 Å². The number of anilines is 2. The normalized spacial score (nSPS) is 21.9. The van der Waals surface area contributed by atoms with Gasteiger partial charge in [-0.2, -0.15) is 0 Å². The van der Waals surface area contributed by atoms with Crippen molar-refractivity contribution in [3.63, 3.8) is 0 Å². The first-order valence-corrected chi connectivity index (χ1v) is 20.4. The van der Waals surface area contributed by atoms with Crippen LogP contribution in [0.25, 0.3) is 0 Å². The second kappa shape index (κ2) is 18.7. The van der Waals surface area contributed by atoms with Crippen LogP contribution in [0.1, 0.15) is 73.0 Å². The Morgan fingerprint density at radius 2 is 1.74 bits per heavy atom. The van der Waals surface area contributed by atoms with E-state index in [9.17, 15) is 9.59 Å². The van der Waals surface area contributed by atoms with E-state index in [0.29, 0.717) is 17.4 Å². The predicted octanol–water partition coefficient (Wildman–Crippen LogP) is 7.07. The quantitative estimate of drug-likeness (QED) is 0.147. The van der Waals surface area contributed by atoms with Crippen molar-refractivity contribution in [1.82, 2.24) is 20.2 Å². The fraction of sp³-hybridized carbons (Fsp3) is 0.545. The van der Waals surface area contributed by atoms with E-state index in [1.165, 1.54) is 22.4 Å². The molecule has 0 spiro atoms. The molecule has 1 aliphatic carbocycles. The van der Waals surface area contributed by atoms with Gasteiger partial charge in [-0.15, -0.1) is 0 Å². The van der Waals surface area contributed by atoms with Crippen LogP contribution in [0, 0.1) is 23.7 Å². The van der Waals surface area contributed by atoms with E-state index in [4.69, 9.17) is 16.3 Å². The topological polar surface area (TPSA) is 90.9 Å². The molecule has 54 heavy (non-hydrogen) atoms. The van der Waals surface area contributed by atoms with Gasteiger partial charge in [-0.05, 0) is 110 Å². The molecule has 2 aromatic carbocycles. The van der Waals surface area contributed by atoms with Gasteiger partial charge in [-0.3, -0.25) is 9.69 Å². The first-order chi connectivity index (χ1) is 26.2. The van der Waals surface area contributed by atoms with Crippen LogP contribution in [0.4, 0.5) is 11.4 Å². The van der Waals surface area contributed by atoms with Crippen LogP contribution in [-0.4, -0.2) is 92.6 Å². The number of ether oxygens (including phenoxy) is 1. The Balaban J connectivity index is 1.26. The van der Waals surface area contributed by atoms with Gasteiger partial charge in [0.15, 0.2) is 0 Å². The molecule has 1 aromatic heterocycles. The monoisotopic (exact) mass is 754 g/mol. The van der Waals surface area contributed by atoms with E-state index in [2.05, 4.69) is 73.3 Å². The summed E-state index contributed by atoms with van der Waals surface area (Å²) in [7, 11) is 3.59. The number of piperazine rings is 1. The lowest BCUT2D eigenvalue weighted by atomic mass is 9.63. The fourth-order valence-corrected chi connectivity index (χ4v) is 8.91. The zero-order chi connectivity index (χ0) is 38.1. The van der Waals surface area contributed by atoms with Crippen LogP contribution in [-0.2, 0) is 28.8 Å². The van der Waals surface area contributed by atoms with Crippen molar-refractivity contribution in [1.29, 1.82) is 0 Å². The summed E-state index contributed by atoms with van der Waals surface area (Å²) >= 11 is 6.46.